The molecule has 1 aliphatic heterocycles. The second-order valence-electron chi connectivity index (χ2n) is 5.36. The molecule has 2 rings (SSSR count). The summed E-state index contributed by atoms with van der Waals surface area (Å²) in [7, 11) is 3.40. The molecular formula is C18H27N3O3. The van der Waals surface area contributed by atoms with Crippen LogP contribution in [0.5, 0.6) is 11.5 Å². The van der Waals surface area contributed by atoms with Crippen LogP contribution in [0.1, 0.15) is 19.8 Å². The lowest BCUT2D eigenvalue weighted by Crippen LogP contribution is -2.31. The Balaban J connectivity index is 1.90. The predicted octanol–water partition coefficient (Wildman–Crippen LogP) is 2.82. The minimum Gasteiger partial charge on any atom is -0.493 e. The van der Waals surface area contributed by atoms with E-state index in [1.807, 2.05) is 25.1 Å². The van der Waals surface area contributed by atoms with E-state index in [1.54, 1.807) is 14.2 Å². The Morgan fingerprint density at radius 2 is 2.21 bits per heavy atom. The molecular weight excluding hydrogens is 306 g/mol. The van der Waals surface area contributed by atoms with Crippen molar-refractivity contribution >= 4 is 11.6 Å². The van der Waals surface area contributed by atoms with Crippen LogP contribution in [0, 0.1) is 0 Å². The van der Waals surface area contributed by atoms with E-state index < -0.39 is 0 Å². The molecule has 24 heavy (non-hydrogen) atoms. The second-order valence-corrected chi connectivity index (χ2v) is 5.36. The van der Waals surface area contributed by atoms with Gasteiger partial charge in [-0.3, -0.25) is 4.99 Å². The maximum absolute atomic E-state index is 5.60. The van der Waals surface area contributed by atoms with Crippen LogP contribution in [0.3, 0.4) is 0 Å². The number of nitrogens with zero attached hydrogens (tertiary/aromatic N) is 1. The highest BCUT2D eigenvalue weighted by Crippen LogP contribution is 2.30. The minimum absolute atomic E-state index is 0.589. The molecule has 0 unspecified atom stereocenters. The van der Waals surface area contributed by atoms with Crippen LogP contribution in [-0.2, 0) is 4.74 Å². The second kappa shape index (κ2) is 9.82. The van der Waals surface area contributed by atoms with Crippen molar-refractivity contribution in [3.63, 3.8) is 0 Å². The lowest BCUT2D eigenvalue weighted by Gasteiger charge is -2.16. The van der Waals surface area contributed by atoms with Gasteiger partial charge in [-0.05, 0) is 31.9 Å². The first-order valence-electron chi connectivity index (χ1n) is 8.31. The highest BCUT2D eigenvalue weighted by atomic mass is 16.5. The van der Waals surface area contributed by atoms with Gasteiger partial charge >= 0.3 is 0 Å². The van der Waals surface area contributed by atoms with Crippen molar-refractivity contribution in [1.82, 2.24) is 5.32 Å². The molecule has 1 aromatic carbocycles. The van der Waals surface area contributed by atoms with Gasteiger partial charge in [0.1, 0.15) is 0 Å². The lowest BCUT2D eigenvalue weighted by atomic mass is 10.1. The number of guanidine groups is 1. The van der Waals surface area contributed by atoms with Crippen LogP contribution in [0.15, 0.2) is 34.8 Å². The van der Waals surface area contributed by atoms with Crippen LogP contribution < -0.4 is 20.1 Å². The van der Waals surface area contributed by atoms with E-state index in [9.17, 15) is 0 Å². The summed E-state index contributed by atoms with van der Waals surface area (Å²) < 4.78 is 16.2. The van der Waals surface area contributed by atoms with Crippen molar-refractivity contribution in [1.29, 1.82) is 0 Å². The Labute approximate surface area is 143 Å². The Bertz CT molecular complexity index is 585. The largest absolute Gasteiger partial charge is 0.493 e. The number of anilines is 1. The van der Waals surface area contributed by atoms with E-state index in [0.29, 0.717) is 12.4 Å². The molecule has 0 radical (unpaired) electrons. The van der Waals surface area contributed by atoms with Crippen LogP contribution in [-0.4, -0.2) is 46.5 Å². The van der Waals surface area contributed by atoms with E-state index in [1.165, 1.54) is 5.57 Å². The molecule has 132 valence electrons. The molecule has 0 aliphatic carbocycles. The summed E-state index contributed by atoms with van der Waals surface area (Å²) in [5.74, 6) is 2.17. The number of benzene rings is 1. The number of ether oxygens (including phenoxy) is 3. The molecule has 2 N–H and O–H groups in total. The molecule has 0 fully saturated rings. The summed E-state index contributed by atoms with van der Waals surface area (Å²) >= 11 is 0. The first-order chi connectivity index (χ1) is 11.8. The summed E-state index contributed by atoms with van der Waals surface area (Å²) in [6.45, 7) is 4.93. The molecule has 0 saturated carbocycles. The Morgan fingerprint density at radius 1 is 1.33 bits per heavy atom. The van der Waals surface area contributed by atoms with Crippen LogP contribution in [0.25, 0.3) is 0 Å². The molecule has 0 bridgehead atoms. The molecule has 6 nitrogen and oxygen atoms in total. The predicted molar refractivity (Wildman–Crippen MR) is 97.3 cm³/mol. The highest BCUT2D eigenvalue weighted by Gasteiger charge is 2.08. The zero-order valence-electron chi connectivity index (χ0n) is 14.7. The van der Waals surface area contributed by atoms with E-state index in [-0.39, 0.29) is 0 Å². The van der Waals surface area contributed by atoms with Gasteiger partial charge in [0.25, 0.3) is 0 Å². The van der Waals surface area contributed by atoms with Gasteiger partial charge in [-0.15, -0.1) is 0 Å². The number of methoxy groups -OCH3 is 1. The molecule has 0 atom stereocenters. The van der Waals surface area contributed by atoms with Crippen molar-refractivity contribution in [2.24, 2.45) is 4.99 Å². The molecule has 1 heterocycles. The molecule has 1 aromatic rings. The number of hydrogen-bond donors (Lipinski definition) is 2. The zero-order valence-corrected chi connectivity index (χ0v) is 14.7. The van der Waals surface area contributed by atoms with Gasteiger partial charge in [0.2, 0.25) is 0 Å². The Kier molecular flexibility index (Phi) is 7.42. The first kappa shape index (κ1) is 18.1. The fourth-order valence-electron chi connectivity index (χ4n) is 2.47. The van der Waals surface area contributed by atoms with E-state index in [2.05, 4.69) is 21.7 Å². The molecule has 0 saturated heterocycles. The van der Waals surface area contributed by atoms with E-state index in [4.69, 9.17) is 14.2 Å². The molecule has 0 aromatic heterocycles. The zero-order chi connectivity index (χ0) is 17.2. The minimum atomic E-state index is 0.589. The Morgan fingerprint density at radius 3 is 2.88 bits per heavy atom. The van der Waals surface area contributed by atoms with Gasteiger partial charge in [-0.1, -0.05) is 11.6 Å². The number of rotatable bonds is 7. The van der Waals surface area contributed by atoms with E-state index in [0.717, 1.165) is 50.0 Å². The van der Waals surface area contributed by atoms with Crippen molar-refractivity contribution in [2.75, 3.05) is 45.8 Å². The highest BCUT2D eigenvalue weighted by molar-refractivity contribution is 5.93. The third-order valence-electron chi connectivity index (χ3n) is 3.75. The third-order valence-corrected chi connectivity index (χ3v) is 3.75. The van der Waals surface area contributed by atoms with Gasteiger partial charge < -0.3 is 24.8 Å². The van der Waals surface area contributed by atoms with Gasteiger partial charge in [0.05, 0.1) is 26.9 Å². The number of hydrogen-bond acceptors (Lipinski definition) is 4. The standard InChI is InChI=1S/C18H27N3O3/c1-4-24-17-13-15(5-6-16(17)22-3)21-18(19-2)20-10-7-14-8-11-23-12-9-14/h5-6,8,13H,4,7,9-12H2,1-3H3,(H2,19,20,21). The quantitative estimate of drug-likeness (QED) is 0.456. The SMILES string of the molecule is CCOc1cc(NC(=NC)NCCC2=CCOCC2)ccc1OC. The topological polar surface area (TPSA) is 64.1 Å². The molecule has 1 aliphatic rings. The van der Waals surface area contributed by atoms with Gasteiger partial charge in [-0.2, -0.15) is 0 Å². The first-order valence-corrected chi connectivity index (χ1v) is 8.31. The fraction of sp³-hybridized carbons (Fsp3) is 0.500. The number of aliphatic imine (C=N–C) groups is 1. The monoisotopic (exact) mass is 333 g/mol. The van der Waals surface area contributed by atoms with Gasteiger partial charge in [-0.25, -0.2) is 0 Å². The molecule has 0 spiro atoms. The fourth-order valence-corrected chi connectivity index (χ4v) is 2.47. The maximum Gasteiger partial charge on any atom is 0.195 e. The lowest BCUT2D eigenvalue weighted by molar-refractivity contribution is 0.153. The van der Waals surface area contributed by atoms with E-state index >= 15 is 0 Å². The Hall–Kier alpha value is -2.21. The van der Waals surface area contributed by atoms with Crippen molar-refractivity contribution in [2.45, 2.75) is 19.8 Å². The average Bonchev–Trinajstić information content (AvgIpc) is 2.62. The van der Waals surface area contributed by atoms with Crippen LogP contribution in [0.2, 0.25) is 0 Å². The van der Waals surface area contributed by atoms with Crippen molar-refractivity contribution < 1.29 is 14.2 Å². The number of nitrogens with one attached hydrogen (secondary N) is 2. The average molecular weight is 333 g/mol. The van der Waals surface area contributed by atoms with Crippen LogP contribution in [0.4, 0.5) is 5.69 Å². The third kappa shape index (κ3) is 5.45. The van der Waals surface area contributed by atoms with Crippen molar-refractivity contribution in [3.8, 4) is 11.5 Å². The van der Waals surface area contributed by atoms with Gasteiger partial charge in [0, 0.05) is 25.3 Å². The van der Waals surface area contributed by atoms with Crippen LogP contribution >= 0.6 is 0 Å². The maximum atomic E-state index is 5.60. The summed E-state index contributed by atoms with van der Waals surface area (Å²) in [6.07, 6.45) is 4.18. The smallest absolute Gasteiger partial charge is 0.195 e. The van der Waals surface area contributed by atoms with Crippen molar-refractivity contribution in [3.05, 3.63) is 29.8 Å². The molecule has 6 heteroatoms. The normalized spacial score (nSPS) is 14.8. The summed E-state index contributed by atoms with van der Waals surface area (Å²) in [5, 5.41) is 6.61. The summed E-state index contributed by atoms with van der Waals surface area (Å²) in [6, 6.07) is 5.73. The molecule has 0 amide bonds. The van der Waals surface area contributed by atoms with Gasteiger partial charge in [0.15, 0.2) is 17.5 Å². The summed E-state index contributed by atoms with van der Waals surface area (Å²) in [5.41, 5.74) is 2.34. The summed E-state index contributed by atoms with van der Waals surface area (Å²) in [4.78, 5) is 4.26.